The van der Waals surface area contributed by atoms with Crippen molar-refractivity contribution in [2.45, 2.75) is 38.6 Å². The van der Waals surface area contributed by atoms with E-state index in [9.17, 15) is 4.79 Å². The van der Waals surface area contributed by atoms with Crippen LogP contribution in [-0.2, 0) is 0 Å². The lowest BCUT2D eigenvalue weighted by molar-refractivity contribution is 0.0703. The van der Waals surface area contributed by atoms with Crippen molar-refractivity contribution in [1.29, 1.82) is 0 Å². The van der Waals surface area contributed by atoms with Crippen molar-refractivity contribution in [1.82, 2.24) is 24.0 Å². The Hall–Kier alpha value is -2.89. The van der Waals surface area contributed by atoms with Gasteiger partial charge in [-0.3, -0.25) is 4.79 Å². The van der Waals surface area contributed by atoms with Gasteiger partial charge in [-0.2, -0.15) is 0 Å². The maximum Gasteiger partial charge on any atom is 0.253 e. The number of carbonyl (C=O) groups is 1. The van der Waals surface area contributed by atoms with Crippen molar-refractivity contribution in [2.75, 3.05) is 13.1 Å². The van der Waals surface area contributed by atoms with E-state index in [0.29, 0.717) is 12.0 Å². The standard InChI is InChI=1S/C21H25N5O/c1-16(2)26-13-10-23-20(26)18-4-3-11-24(14-18)21(27)17-5-7-19(8-6-17)25-12-9-22-15-25/h5-10,12-13,15-16,18H,3-4,11,14H2,1-2H3/t18-/m1/s1. The number of piperidine rings is 1. The second-order valence-electron chi connectivity index (χ2n) is 7.39. The maximum atomic E-state index is 13.0. The Balaban J connectivity index is 1.49. The molecule has 1 aromatic carbocycles. The first-order valence-corrected chi connectivity index (χ1v) is 9.54. The first-order chi connectivity index (χ1) is 13.1. The Bertz CT molecular complexity index is 895. The van der Waals surface area contributed by atoms with Gasteiger partial charge in [0.05, 0.1) is 6.33 Å². The van der Waals surface area contributed by atoms with Crippen LogP contribution in [0.4, 0.5) is 0 Å². The third-order valence-corrected chi connectivity index (χ3v) is 5.25. The number of aromatic nitrogens is 4. The molecule has 3 heterocycles. The summed E-state index contributed by atoms with van der Waals surface area (Å²) in [6.45, 7) is 5.87. The average molecular weight is 363 g/mol. The number of likely N-dealkylation sites (tertiary alicyclic amines) is 1. The Morgan fingerprint density at radius 3 is 2.67 bits per heavy atom. The summed E-state index contributed by atoms with van der Waals surface area (Å²) in [4.78, 5) is 23.6. The fourth-order valence-corrected chi connectivity index (χ4v) is 3.82. The van der Waals surface area contributed by atoms with Crippen LogP contribution in [-0.4, -0.2) is 43.0 Å². The van der Waals surface area contributed by atoms with Crippen molar-refractivity contribution < 1.29 is 4.79 Å². The third-order valence-electron chi connectivity index (χ3n) is 5.25. The Morgan fingerprint density at radius 1 is 1.15 bits per heavy atom. The highest BCUT2D eigenvalue weighted by molar-refractivity contribution is 5.94. The Morgan fingerprint density at radius 2 is 1.96 bits per heavy atom. The van der Waals surface area contributed by atoms with E-state index in [0.717, 1.165) is 43.0 Å². The van der Waals surface area contributed by atoms with Crippen molar-refractivity contribution in [2.24, 2.45) is 0 Å². The zero-order chi connectivity index (χ0) is 18.8. The summed E-state index contributed by atoms with van der Waals surface area (Å²) in [5.41, 5.74) is 1.73. The van der Waals surface area contributed by atoms with Gasteiger partial charge >= 0.3 is 0 Å². The van der Waals surface area contributed by atoms with E-state index in [1.165, 1.54) is 0 Å². The molecule has 1 aliphatic rings. The van der Waals surface area contributed by atoms with E-state index >= 15 is 0 Å². The predicted octanol–water partition coefficient (Wildman–Crippen LogP) is 3.67. The average Bonchev–Trinajstić information content (AvgIpc) is 3.39. The normalized spacial score (nSPS) is 17.4. The lowest BCUT2D eigenvalue weighted by Crippen LogP contribution is -2.39. The molecule has 1 saturated heterocycles. The summed E-state index contributed by atoms with van der Waals surface area (Å²) in [7, 11) is 0. The second kappa shape index (κ2) is 7.39. The zero-order valence-electron chi connectivity index (χ0n) is 15.8. The molecule has 27 heavy (non-hydrogen) atoms. The number of amides is 1. The summed E-state index contributed by atoms with van der Waals surface area (Å²) in [6, 6.07) is 8.10. The first kappa shape index (κ1) is 17.5. The van der Waals surface area contributed by atoms with Gasteiger partial charge in [0, 0.05) is 61.1 Å². The van der Waals surface area contributed by atoms with Gasteiger partial charge in [0.1, 0.15) is 5.82 Å². The van der Waals surface area contributed by atoms with Gasteiger partial charge in [0.15, 0.2) is 0 Å². The molecule has 4 rings (SSSR count). The SMILES string of the molecule is CC(C)n1ccnc1[C@@H]1CCCN(C(=O)c2ccc(-n3ccnc3)cc2)C1. The van der Waals surface area contributed by atoms with Crippen molar-refractivity contribution in [3.8, 4) is 5.69 Å². The van der Waals surface area contributed by atoms with Crippen LogP contribution in [0.1, 0.15) is 54.8 Å². The smallest absolute Gasteiger partial charge is 0.253 e. The number of imidazole rings is 2. The highest BCUT2D eigenvalue weighted by Gasteiger charge is 2.28. The molecule has 0 N–H and O–H groups in total. The summed E-state index contributed by atoms with van der Waals surface area (Å²) in [6.07, 6.45) is 11.4. The van der Waals surface area contributed by atoms with E-state index in [4.69, 9.17) is 0 Å². The molecule has 0 bridgehead atoms. The maximum absolute atomic E-state index is 13.0. The van der Waals surface area contributed by atoms with Crippen LogP contribution >= 0.6 is 0 Å². The number of hydrogen-bond donors (Lipinski definition) is 0. The summed E-state index contributed by atoms with van der Waals surface area (Å²) in [5.74, 6) is 1.49. The van der Waals surface area contributed by atoms with Gasteiger partial charge in [-0.1, -0.05) is 0 Å². The van der Waals surface area contributed by atoms with Crippen molar-refractivity contribution in [3.05, 3.63) is 66.8 Å². The first-order valence-electron chi connectivity index (χ1n) is 9.54. The van der Waals surface area contributed by atoms with Crippen LogP contribution in [0.3, 0.4) is 0 Å². The summed E-state index contributed by atoms with van der Waals surface area (Å²) < 4.78 is 4.15. The van der Waals surface area contributed by atoms with Crippen LogP contribution in [0.15, 0.2) is 55.4 Å². The van der Waals surface area contributed by atoms with Gasteiger partial charge < -0.3 is 14.0 Å². The lowest BCUT2D eigenvalue weighted by Gasteiger charge is -2.33. The quantitative estimate of drug-likeness (QED) is 0.711. The van der Waals surface area contributed by atoms with E-state index < -0.39 is 0 Å². The number of nitrogens with zero attached hydrogens (tertiary/aromatic N) is 5. The highest BCUT2D eigenvalue weighted by Crippen LogP contribution is 2.28. The molecule has 2 aromatic heterocycles. The van der Waals surface area contributed by atoms with Crippen LogP contribution in [0.5, 0.6) is 0 Å². The molecular formula is C21H25N5O. The van der Waals surface area contributed by atoms with E-state index in [1.807, 2.05) is 52.3 Å². The number of hydrogen-bond acceptors (Lipinski definition) is 3. The molecule has 0 radical (unpaired) electrons. The molecule has 6 heteroatoms. The predicted molar refractivity (Wildman–Crippen MR) is 104 cm³/mol. The van der Waals surface area contributed by atoms with Crippen LogP contribution in [0, 0.1) is 0 Å². The minimum absolute atomic E-state index is 0.0968. The van der Waals surface area contributed by atoms with Gasteiger partial charge in [-0.25, -0.2) is 9.97 Å². The van der Waals surface area contributed by atoms with Gasteiger partial charge in [-0.05, 0) is 51.0 Å². The molecule has 0 saturated carbocycles. The molecule has 6 nitrogen and oxygen atoms in total. The molecule has 0 spiro atoms. The Kier molecular flexibility index (Phi) is 4.79. The lowest BCUT2D eigenvalue weighted by atomic mass is 9.96. The molecule has 0 unspecified atom stereocenters. The zero-order valence-corrected chi connectivity index (χ0v) is 15.8. The molecule has 1 atom stereocenters. The minimum Gasteiger partial charge on any atom is -0.338 e. The minimum atomic E-state index is 0.0968. The van der Waals surface area contributed by atoms with Gasteiger partial charge in [-0.15, -0.1) is 0 Å². The molecule has 1 fully saturated rings. The van der Waals surface area contributed by atoms with Gasteiger partial charge in [0.2, 0.25) is 0 Å². The highest BCUT2D eigenvalue weighted by atomic mass is 16.2. The van der Waals surface area contributed by atoms with Crippen molar-refractivity contribution >= 4 is 5.91 Å². The summed E-state index contributed by atoms with van der Waals surface area (Å²) in [5, 5.41) is 0. The molecule has 3 aromatic rings. The molecular weight excluding hydrogens is 338 g/mol. The topological polar surface area (TPSA) is 56.0 Å². The van der Waals surface area contributed by atoms with Crippen LogP contribution in [0.2, 0.25) is 0 Å². The molecule has 1 aliphatic heterocycles. The molecule has 0 aliphatic carbocycles. The molecule has 140 valence electrons. The van der Waals surface area contributed by atoms with Crippen LogP contribution < -0.4 is 0 Å². The van der Waals surface area contributed by atoms with E-state index in [2.05, 4.69) is 28.4 Å². The van der Waals surface area contributed by atoms with E-state index in [1.54, 1.807) is 12.5 Å². The molecule has 1 amide bonds. The monoisotopic (exact) mass is 363 g/mol. The third kappa shape index (κ3) is 3.52. The van der Waals surface area contributed by atoms with E-state index in [-0.39, 0.29) is 5.91 Å². The van der Waals surface area contributed by atoms with Crippen molar-refractivity contribution in [3.63, 3.8) is 0 Å². The fourth-order valence-electron chi connectivity index (χ4n) is 3.82. The summed E-state index contributed by atoms with van der Waals surface area (Å²) >= 11 is 0. The van der Waals surface area contributed by atoms with Crippen LogP contribution in [0.25, 0.3) is 5.69 Å². The fraction of sp³-hybridized carbons (Fsp3) is 0.381. The number of carbonyl (C=O) groups excluding carboxylic acids is 1. The number of rotatable bonds is 4. The largest absolute Gasteiger partial charge is 0.338 e. The second-order valence-corrected chi connectivity index (χ2v) is 7.39. The van der Waals surface area contributed by atoms with Gasteiger partial charge in [0.25, 0.3) is 5.91 Å². The Labute approximate surface area is 159 Å². The number of benzene rings is 1.